The van der Waals surface area contributed by atoms with E-state index < -0.39 is 0 Å². The molecular weight excluding hydrogens is 348 g/mol. The summed E-state index contributed by atoms with van der Waals surface area (Å²) in [6, 6.07) is 8.36. The maximum Gasteiger partial charge on any atom is 0.151 e. The maximum absolute atomic E-state index is 4.17. The minimum Gasteiger partial charge on any atom is -0.358 e. The van der Waals surface area contributed by atoms with Crippen molar-refractivity contribution in [1.82, 2.24) is 20.1 Å². The number of rotatable bonds is 0. The Morgan fingerprint density at radius 3 is 2.23 bits per heavy atom. The molecule has 2 heterocycles. The third kappa shape index (κ3) is 5.94. The van der Waals surface area contributed by atoms with E-state index in [2.05, 4.69) is 38.3 Å². The average molecular weight is 375 g/mol. The number of nitrogens with one attached hydrogen (secondary N) is 1. The van der Waals surface area contributed by atoms with Crippen molar-refractivity contribution in [2.75, 3.05) is 0 Å². The number of hydrogen-bond donors (Lipinski definition) is 1. The molecule has 0 aliphatic carbocycles. The van der Waals surface area contributed by atoms with E-state index in [9.17, 15) is 0 Å². The summed E-state index contributed by atoms with van der Waals surface area (Å²) in [5.41, 5.74) is 2.49. The summed E-state index contributed by atoms with van der Waals surface area (Å²) in [7, 11) is 0. The molecule has 22 heavy (non-hydrogen) atoms. The topological polar surface area (TPSA) is 42.7 Å². The van der Waals surface area contributed by atoms with Gasteiger partial charge in [0, 0.05) is 47.7 Å². The first-order valence-electron chi connectivity index (χ1n) is 7.06. The van der Waals surface area contributed by atoms with Crippen LogP contribution in [0.25, 0.3) is 5.69 Å². The SMILES string of the molecule is CC.CC.Cc1nnc2n1-c1ccccc1CNC2.[B].[CH3-].[Y]. The Morgan fingerprint density at radius 2 is 1.59 bits per heavy atom. The van der Waals surface area contributed by atoms with Crippen LogP contribution in [0.2, 0.25) is 0 Å². The monoisotopic (exact) mass is 375 g/mol. The van der Waals surface area contributed by atoms with Crippen molar-refractivity contribution in [3.8, 4) is 5.69 Å². The summed E-state index contributed by atoms with van der Waals surface area (Å²) < 4.78 is 2.12. The Hall–Kier alpha value is -0.511. The third-order valence-electron chi connectivity index (χ3n) is 2.72. The van der Waals surface area contributed by atoms with Crippen LogP contribution >= 0.6 is 0 Å². The van der Waals surface area contributed by atoms with Gasteiger partial charge < -0.3 is 12.7 Å². The Kier molecular flexibility index (Phi) is 16.9. The fourth-order valence-electron chi connectivity index (χ4n) is 2.02. The van der Waals surface area contributed by atoms with Crippen LogP contribution in [0.15, 0.2) is 24.3 Å². The molecule has 0 unspecified atom stereocenters. The number of fused-ring (bicyclic) bond motifs is 3. The zero-order valence-electron chi connectivity index (χ0n) is 14.7. The smallest absolute Gasteiger partial charge is 0.151 e. The standard InChI is InChI=1S/C11H12N4.2C2H6.CH3.B.Y/c1-8-13-14-11-7-12-6-9-4-2-3-5-10(9)15(8)11;2*1-2;;;/h2-5,12H,6-7H2,1H3;2*1-2H3;1H3;;/q;;;-1;;. The predicted octanol–water partition coefficient (Wildman–Crippen LogP) is 3.30. The van der Waals surface area contributed by atoms with Crippen molar-refractivity contribution in [3.63, 3.8) is 0 Å². The van der Waals surface area contributed by atoms with E-state index in [0.29, 0.717) is 0 Å². The number of hydrogen-bond acceptors (Lipinski definition) is 3. The molecule has 3 rings (SSSR count). The van der Waals surface area contributed by atoms with Crippen LogP contribution in [-0.4, -0.2) is 23.2 Å². The summed E-state index contributed by atoms with van der Waals surface area (Å²) in [6.45, 7) is 11.6. The molecule has 4 nitrogen and oxygen atoms in total. The maximum atomic E-state index is 4.17. The molecule has 0 saturated heterocycles. The predicted molar refractivity (Wildman–Crippen MR) is 91.5 cm³/mol. The second-order valence-corrected chi connectivity index (χ2v) is 3.73. The molecule has 1 aromatic carbocycles. The summed E-state index contributed by atoms with van der Waals surface area (Å²) in [4.78, 5) is 0. The van der Waals surface area contributed by atoms with Gasteiger partial charge in [-0.25, -0.2) is 0 Å². The Balaban J connectivity index is -0.000000480. The summed E-state index contributed by atoms with van der Waals surface area (Å²) in [5, 5.41) is 11.6. The van der Waals surface area contributed by atoms with Crippen LogP contribution in [0.3, 0.4) is 0 Å². The fraction of sp³-hybridized carbons (Fsp3) is 0.438. The molecular formula is C16H27BN4Y-. The molecule has 1 aromatic heterocycles. The molecule has 0 spiro atoms. The molecule has 4 radical (unpaired) electrons. The fourth-order valence-corrected chi connectivity index (χ4v) is 2.02. The van der Waals surface area contributed by atoms with Crippen molar-refractivity contribution in [1.29, 1.82) is 0 Å². The first-order valence-corrected chi connectivity index (χ1v) is 7.06. The van der Waals surface area contributed by atoms with E-state index in [-0.39, 0.29) is 48.5 Å². The van der Waals surface area contributed by atoms with Crippen LogP contribution in [0.1, 0.15) is 44.9 Å². The Morgan fingerprint density at radius 1 is 1.00 bits per heavy atom. The van der Waals surface area contributed by atoms with Gasteiger partial charge in [-0.1, -0.05) is 45.9 Å². The Labute approximate surface area is 163 Å². The molecule has 6 heteroatoms. The normalized spacial score (nSPS) is 10.2. The van der Waals surface area contributed by atoms with E-state index in [1.807, 2.05) is 40.7 Å². The van der Waals surface area contributed by atoms with E-state index in [4.69, 9.17) is 0 Å². The van der Waals surface area contributed by atoms with Crippen LogP contribution in [-0.2, 0) is 45.8 Å². The molecule has 118 valence electrons. The van der Waals surface area contributed by atoms with Crippen molar-refractivity contribution >= 4 is 8.41 Å². The van der Waals surface area contributed by atoms with Gasteiger partial charge >= 0.3 is 0 Å². The van der Waals surface area contributed by atoms with Crippen molar-refractivity contribution in [3.05, 3.63) is 48.9 Å². The van der Waals surface area contributed by atoms with Crippen LogP contribution in [0.4, 0.5) is 0 Å². The summed E-state index contributed by atoms with van der Waals surface area (Å²) >= 11 is 0. The zero-order valence-corrected chi connectivity index (χ0v) is 17.6. The van der Waals surface area contributed by atoms with Crippen molar-refractivity contribution in [2.24, 2.45) is 0 Å². The van der Waals surface area contributed by atoms with Gasteiger partial charge in [0.2, 0.25) is 0 Å². The van der Waals surface area contributed by atoms with E-state index in [1.165, 1.54) is 11.3 Å². The number of benzene rings is 1. The van der Waals surface area contributed by atoms with E-state index >= 15 is 0 Å². The van der Waals surface area contributed by atoms with Crippen LogP contribution < -0.4 is 5.32 Å². The Bertz CT molecular complexity index is 515. The molecule has 1 N–H and O–H groups in total. The van der Waals surface area contributed by atoms with Gasteiger partial charge in [0.25, 0.3) is 0 Å². The van der Waals surface area contributed by atoms with Gasteiger partial charge in [0.15, 0.2) is 5.82 Å². The number of aromatic nitrogens is 3. The van der Waals surface area contributed by atoms with Crippen molar-refractivity contribution in [2.45, 2.75) is 47.7 Å². The quantitative estimate of drug-likeness (QED) is 0.568. The number of para-hydroxylation sites is 1. The third-order valence-corrected chi connectivity index (χ3v) is 2.72. The van der Waals surface area contributed by atoms with E-state index in [0.717, 1.165) is 24.7 Å². The molecule has 2 aromatic rings. The molecule has 0 saturated carbocycles. The first kappa shape index (κ1) is 26.4. The molecule has 1 aliphatic rings. The second-order valence-electron chi connectivity index (χ2n) is 3.73. The average Bonchev–Trinajstić information content (AvgIpc) is 2.75. The van der Waals surface area contributed by atoms with E-state index in [1.54, 1.807) is 0 Å². The first-order chi connectivity index (χ1) is 9.36. The summed E-state index contributed by atoms with van der Waals surface area (Å²) in [6.07, 6.45) is 0. The van der Waals surface area contributed by atoms with Gasteiger partial charge in [-0.05, 0) is 18.6 Å². The van der Waals surface area contributed by atoms with Gasteiger partial charge in [-0.3, -0.25) is 4.57 Å². The molecule has 0 atom stereocenters. The second kappa shape index (κ2) is 14.1. The van der Waals surface area contributed by atoms with Gasteiger partial charge in [0.05, 0.1) is 12.2 Å². The van der Waals surface area contributed by atoms with Crippen LogP contribution in [0.5, 0.6) is 0 Å². The van der Waals surface area contributed by atoms with Crippen LogP contribution in [0, 0.1) is 14.4 Å². The minimum atomic E-state index is 0. The number of aryl methyl sites for hydroxylation is 1. The molecule has 0 amide bonds. The van der Waals surface area contributed by atoms with Gasteiger partial charge in [0.1, 0.15) is 5.82 Å². The largest absolute Gasteiger partial charge is 0.358 e. The van der Waals surface area contributed by atoms with Gasteiger partial charge in [-0.2, -0.15) is 0 Å². The zero-order chi connectivity index (χ0) is 14.3. The van der Waals surface area contributed by atoms with Gasteiger partial charge in [-0.15, -0.1) is 10.2 Å². The number of nitrogens with zero attached hydrogens (tertiary/aromatic N) is 3. The molecule has 0 fully saturated rings. The minimum absolute atomic E-state index is 0. The van der Waals surface area contributed by atoms with Crippen molar-refractivity contribution < 1.29 is 32.7 Å². The summed E-state index contributed by atoms with van der Waals surface area (Å²) in [5.74, 6) is 1.93. The molecule has 1 aliphatic heterocycles. The molecule has 0 bridgehead atoms.